The molecule has 1 atom stereocenters. The lowest BCUT2D eigenvalue weighted by Gasteiger charge is -2.27. The van der Waals surface area contributed by atoms with Gasteiger partial charge in [0, 0.05) is 18.2 Å². The fourth-order valence-corrected chi connectivity index (χ4v) is 1.83. The minimum Gasteiger partial charge on any atom is -0.352 e. The standard InChI is InChI=1S/C11H22ClNO3S/c1-8(2)9(6-7-12)13-10(14)11(3,4)17(5,15)16/h8-9H,6-7H2,1-5H3,(H,13,14). The Morgan fingerprint density at radius 1 is 1.35 bits per heavy atom. The van der Waals surface area contributed by atoms with E-state index >= 15 is 0 Å². The highest BCUT2D eigenvalue weighted by Gasteiger charge is 2.39. The van der Waals surface area contributed by atoms with Gasteiger partial charge in [0.1, 0.15) is 4.75 Å². The van der Waals surface area contributed by atoms with Gasteiger partial charge < -0.3 is 5.32 Å². The van der Waals surface area contributed by atoms with Gasteiger partial charge in [-0.3, -0.25) is 4.79 Å². The maximum Gasteiger partial charge on any atom is 0.241 e. The summed E-state index contributed by atoms with van der Waals surface area (Å²) in [6.07, 6.45) is 1.70. The minimum absolute atomic E-state index is 0.0963. The number of carbonyl (C=O) groups is 1. The van der Waals surface area contributed by atoms with E-state index in [2.05, 4.69) is 5.32 Å². The molecular formula is C11H22ClNO3S. The molecule has 0 aliphatic heterocycles. The summed E-state index contributed by atoms with van der Waals surface area (Å²) >= 11 is 5.66. The van der Waals surface area contributed by atoms with Crippen molar-refractivity contribution in [3.05, 3.63) is 0 Å². The fourth-order valence-electron chi connectivity index (χ4n) is 1.20. The van der Waals surface area contributed by atoms with Crippen molar-refractivity contribution in [1.82, 2.24) is 5.32 Å². The Balaban J connectivity index is 4.84. The van der Waals surface area contributed by atoms with Crippen molar-refractivity contribution in [3.8, 4) is 0 Å². The van der Waals surface area contributed by atoms with Crippen LogP contribution in [0.4, 0.5) is 0 Å². The molecule has 0 rings (SSSR count). The Hall–Kier alpha value is -0.290. The second-order valence-electron chi connectivity index (χ2n) is 5.08. The lowest BCUT2D eigenvalue weighted by Crippen LogP contribution is -2.52. The molecule has 4 nitrogen and oxygen atoms in total. The van der Waals surface area contributed by atoms with E-state index in [0.717, 1.165) is 6.26 Å². The molecule has 1 amide bonds. The molecule has 0 spiro atoms. The van der Waals surface area contributed by atoms with E-state index in [1.807, 2.05) is 13.8 Å². The number of alkyl halides is 1. The molecule has 1 unspecified atom stereocenters. The largest absolute Gasteiger partial charge is 0.352 e. The predicted molar refractivity (Wildman–Crippen MR) is 71.0 cm³/mol. The molecule has 0 saturated carbocycles. The summed E-state index contributed by atoms with van der Waals surface area (Å²) in [6, 6.07) is -0.0963. The molecule has 0 fully saturated rings. The maximum absolute atomic E-state index is 12.0. The van der Waals surface area contributed by atoms with Gasteiger partial charge in [0.15, 0.2) is 9.84 Å². The zero-order valence-corrected chi connectivity index (χ0v) is 12.7. The van der Waals surface area contributed by atoms with E-state index in [1.54, 1.807) is 0 Å². The number of halogens is 1. The van der Waals surface area contributed by atoms with Gasteiger partial charge in [-0.05, 0) is 26.2 Å². The average Bonchev–Trinajstić information content (AvgIpc) is 2.14. The van der Waals surface area contributed by atoms with Crippen molar-refractivity contribution in [1.29, 1.82) is 0 Å². The SMILES string of the molecule is CC(C)C(CCCl)NC(=O)C(C)(C)S(C)(=O)=O. The number of amides is 1. The summed E-state index contributed by atoms with van der Waals surface area (Å²) in [5, 5.41) is 2.76. The molecule has 6 heteroatoms. The van der Waals surface area contributed by atoms with Gasteiger partial charge in [0.25, 0.3) is 0 Å². The summed E-state index contributed by atoms with van der Waals surface area (Å²) in [4.78, 5) is 12.0. The number of sulfone groups is 1. The Bertz CT molecular complexity index is 363. The van der Waals surface area contributed by atoms with Gasteiger partial charge in [-0.1, -0.05) is 13.8 Å². The Morgan fingerprint density at radius 2 is 1.82 bits per heavy atom. The molecule has 0 aliphatic rings. The Morgan fingerprint density at radius 3 is 2.12 bits per heavy atom. The lowest BCUT2D eigenvalue weighted by atomic mass is 10.0. The van der Waals surface area contributed by atoms with Crippen molar-refractivity contribution in [2.24, 2.45) is 5.92 Å². The number of carbonyl (C=O) groups excluding carboxylic acids is 1. The van der Waals surface area contributed by atoms with Crippen LogP contribution in [-0.4, -0.2) is 37.2 Å². The zero-order chi connectivity index (χ0) is 13.9. The Labute approximate surface area is 109 Å². The van der Waals surface area contributed by atoms with Gasteiger partial charge in [0.05, 0.1) is 0 Å². The molecule has 17 heavy (non-hydrogen) atoms. The third-order valence-corrected chi connectivity index (χ3v) is 5.27. The molecule has 0 bridgehead atoms. The number of nitrogens with one attached hydrogen (secondary N) is 1. The third-order valence-electron chi connectivity index (χ3n) is 3.02. The molecular weight excluding hydrogens is 262 g/mol. The topological polar surface area (TPSA) is 63.2 Å². The molecule has 102 valence electrons. The van der Waals surface area contributed by atoms with E-state index in [0.29, 0.717) is 12.3 Å². The van der Waals surface area contributed by atoms with Gasteiger partial charge in [0.2, 0.25) is 5.91 Å². The molecule has 0 aromatic carbocycles. The molecule has 0 aliphatic carbocycles. The van der Waals surface area contributed by atoms with Crippen molar-refractivity contribution in [2.75, 3.05) is 12.1 Å². The van der Waals surface area contributed by atoms with Crippen LogP contribution in [-0.2, 0) is 14.6 Å². The van der Waals surface area contributed by atoms with Crippen LogP contribution in [0.2, 0.25) is 0 Å². The highest BCUT2D eigenvalue weighted by atomic mass is 35.5. The van der Waals surface area contributed by atoms with Gasteiger partial charge in [-0.15, -0.1) is 11.6 Å². The van der Waals surface area contributed by atoms with Crippen LogP contribution < -0.4 is 5.32 Å². The smallest absolute Gasteiger partial charge is 0.241 e. The monoisotopic (exact) mass is 283 g/mol. The molecule has 0 heterocycles. The quantitative estimate of drug-likeness (QED) is 0.753. The highest BCUT2D eigenvalue weighted by Crippen LogP contribution is 2.17. The van der Waals surface area contributed by atoms with Crippen molar-refractivity contribution in [3.63, 3.8) is 0 Å². The summed E-state index contributed by atoms with van der Waals surface area (Å²) in [6.45, 7) is 6.75. The van der Waals surface area contributed by atoms with Crippen LogP contribution >= 0.6 is 11.6 Å². The fraction of sp³-hybridized carbons (Fsp3) is 0.909. The van der Waals surface area contributed by atoms with Crippen LogP contribution in [0.25, 0.3) is 0 Å². The predicted octanol–water partition coefficient (Wildman–Crippen LogP) is 1.58. The van der Waals surface area contributed by atoms with Crippen molar-refractivity contribution < 1.29 is 13.2 Å². The van der Waals surface area contributed by atoms with E-state index in [-0.39, 0.29) is 12.0 Å². The highest BCUT2D eigenvalue weighted by molar-refractivity contribution is 7.92. The Kier molecular flexibility index (Phi) is 5.94. The summed E-state index contributed by atoms with van der Waals surface area (Å²) in [7, 11) is -3.43. The molecule has 0 saturated heterocycles. The molecule has 1 N–H and O–H groups in total. The first-order valence-electron chi connectivity index (χ1n) is 5.60. The van der Waals surface area contributed by atoms with Crippen LogP contribution in [0.3, 0.4) is 0 Å². The lowest BCUT2D eigenvalue weighted by molar-refractivity contribution is -0.123. The van der Waals surface area contributed by atoms with Crippen LogP contribution in [0.1, 0.15) is 34.1 Å². The third kappa shape index (κ3) is 4.47. The second kappa shape index (κ2) is 6.05. The van der Waals surface area contributed by atoms with E-state index in [4.69, 9.17) is 11.6 Å². The van der Waals surface area contributed by atoms with Crippen molar-refractivity contribution in [2.45, 2.75) is 44.9 Å². The van der Waals surface area contributed by atoms with E-state index in [1.165, 1.54) is 13.8 Å². The summed E-state index contributed by atoms with van der Waals surface area (Å²) < 4.78 is 21.6. The van der Waals surface area contributed by atoms with Gasteiger partial charge >= 0.3 is 0 Å². The van der Waals surface area contributed by atoms with E-state index in [9.17, 15) is 13.2 Å². The molecule has 0 aromatic heterocycles. The molecule has 0 aromatic rings. The van der Waals surface area contributed by atoms with Crippen molar-refractivity contribution >= 4 is 27.3 Å². The van der Waals surface area contributed by atoms with Crippen LogP contribution in [0.5, 0.6) is 0 Å². The summed E-state index contributed by atoms with van der Waals surface area (Å²) in [5.74, 6) is 0.180. The first-order chi connectivity index (χ1) is 7.54. The first kappa shape index (κ1) is 16.7. The zero-order valence-electron chi connectivity index (χ0n) is 11.1. The normalized spacial score (nSPS) is 14.8. The van der Waals surface area contributed by atoms with Gasteiger partial charge in [-0.25, -0.2) is 8.42 Å². The van der Waals surface area contributed by atoms with Crippen LogP contribution in [0.15, 0.2) is 0 Å². The second-order valence-corrected chi connectivity index (χ2v) is 8.03. The van der Waals surface area contributed by atoms with Gasteiger partial charge in [-0.2, -0.15) is 0 Å². The van der Waals surface area contributed by atoms with Crippen LogP contribution in [0, 0.1) is 5.92 Å². The van der Waals surface area contributed by atoms with E-state index < -0.39 is 20.5 Å². The number of rotatable bonds is 6. The first-order valence-corrected chi connectivity index (χ1v) is 8.03. The summed E-state index contributed by atoms with van der Waals surface area (Å²) in [5.41, 5.74) is 0. The average molecular weight is 284 g/mol. The molecule has 0 radical (unpaired) electrons. The maximum atomic E-state index is 12.0. The number of hydrogen-bond donors (Lipinski definition) is 1. The number of hydrogen-bond acceptors (Lipinski definition) is 3. The minimum atomic E-state index is -3.43.